The maximum absolute atomic E-state index is 9.38. The van der Waals surface area contributed by atoms with E-state index in [1.54, 1.807) is 0 Å². The SMILES string of the molecule is Cc1nc(C2CCOCC2)cn1Cc1cc(C#N)ccc1-c1ccc(CN)cn1. The van der Waals surface area contributed by atoms with E-state index in [2.05, 4.69) is 21.8 Å². The number of rotatable bonds is 5. The molecule has 0 unspecified atom stereocenters. The van der Waals surface area contributed by atoms with Crippen molar-refractivity contribution in [1.82, 2.24) is 14.5 Å². The van der Waals surface area contributed by atoms with E-state index in [0.29, 0.717) is 24.6 Å². The second-order valence-corrected chi connectivity index (χ2v) is 7.47. The van der Waals surface area contributed by atoms with Gasteiger partial charge >= 0.3 is 0 Å². The lowest BCUT2D eigenvalue weighted by molar-refractivity contribution is 0.0845. The molecule has 1 aliphatic rings. The van der Waals surface area contributed by atoms with Crippen molar-refractivity contribution in [2.24, 2.45) is 5.73 Å². The molecule has 0 radical (unpaired) electrons. The van der Waals surface area contributed by atoms with Crippen molar-refractivity contribution in [3.8, 4) is 17.3 Å². The van der Waals surface area contributed by atoms with Crippen molar-refractivity contribution in [3.05, 3.63) is 70.9 Å². The fourth-order valence-corrected chi connectivity index (χ4v) is 3.82. The number of hydrogen-bond donors (Lipinski definition) is 1. The second-order valence-electron chi connectivity index (χ2n) is 7.47. The predicted octanol–water partition coefficient (Wildman–Crippen LogP) is 3.53. The average Bonchev–Trinajstić information content (AvgIpc) is 3.14. The van der Waals surface area contributed by atoms with Crippen LogP contribution in [0.25, 0.3) is 11.3 Å². The zero-order valence-corrected chi connectivity index (χ0v) is 16.6. The van der Waals surface area contributed by atoms with Crippen LogP contribution in [0.15, 0.2) is 42.7 Å². The zero-order valence-electron chi connectivity index (χ0n) is 16.6. The number of nitrogens with two attached hydrogens (primary N) is 1. The van der Waals surface area contributed by atoms with Crippen LogP contribution in [0.4, 0.5) is 0 Å². The largest absolute Gasteiger partial charge is 0.381 e. The first-order valence-electron chi connectivity index (χ1n) is 9.97. The van der Waals surface area contributed by atoms with E-state index in [4.69, 9.17) is 15.5 Å². The maximum Gasteiger partial charge on any atom is 0.106 e. The number of pyridine rings is 1. The highest BCUT2D eigenvalue weighted by molar-refractivity contribution is 5.65. The summed E-state index contributed by atoms with van der Waals surface area (Å²) in [7, 11) is 0. The van der Waals surface area contributed by atoms with Crippen LogP contribution in [-0.4, -0.2) is 27.7 Å². The molecule has 0 atom stereocenters. The summed E-state index contributed by atoms with van der Waals surface area (Å²) in [6.45, 7) is 4.75. The van der Waals surface area contributed by atoms with Gasteiger partial charge in [0.15, 0.2) is 0 Å². The minimum Gasteiger partial charge on any atom is -0.381 e. The van der Waals surface area contributed by atoms with E-state index in [0.717, 1.165) is 60.0 Å². The highest BCUT2D eigenvalue weighted by atomic mass is 16.5. The Morgan fingerprint density at radius 1 is 1.24 bits per heavy atom. The van der Waals surface area contributed by atoms with Crippen molar-refractivity contribution in [3.63, 3.8) is 0 Å². The molecule has 1 aliphatic heterocycles. The van der Waals surface area contributed by atoms with Crippen molar-refractivity contribution in [2.45, 2.75) is 38.8 Å². The molecule has 0 saturated carbocycles. The quantitative estimate of drug-likeness (QED) is 0.723. The Morgan fingerprint density at radius 3 is 2.76 bits per heavy atom. The Labute approximate surface area is 171 Å². The topological polar surface area (TPSA) is 89.8 Å². The lowest BCUT2D eigenvalue weighted by Crippen LogP contribution is -2.14. The van der Waals surface area contributed by atoms with Gasteiger partial charge in [0.2, 0.25) is 0 Å². The predicted molar refractivity (Wildman–Crippen MR) is 111 cm³/mol. The molecule has 2 N–H and O–H groups in total. The van der Waals surface area contributed by atoms with Crippen LogP contribution in [0.5, 0.6) is 0 Å². The van der Waals surface area contributed by atoms with Crippen LogP contribution < -0.4 is 5.73 Å². The van der Waals surface area contributed by atoms with Gasteiger partial charge < -0.3 is 15.0 Å². The smallest absolute Gasteiger partial charge is 0.106 e. The second kappa shape index (κ2) is 8.56. The highest BCUT2D eigenvalue weighted by Gasteiger charge is 2.20. The van der Waals surface area contributed by atoms with Crippen LogP contribution >= 0.6 is 0 Å². The lowest BCUT2D eigenvalue weighted by atomic mass is 9.97. The zero-order chi connectivity index (χ0) is 20.2. The minimum atomic E-state index is 0.457. The molecular formula is C23H25N5O. The first-order chi connectivity index (χ1) is 14.2. The summed E-state index contributed by atoms with van der Waals surface area (Å²) in [5.74, 6) is 1.44. The van der Waals surface area contributed by atoms with E-state index in [9.17, 15) is 5.26 Å². The number of nitrogens with zero attached hydrogens (tertiary/aromatic N) is 4. The van der Waals surface area contributed by atoms with Gasteiger partial charge in [-0.1, -0.05) is 12.1 Å². The Bertz CT molecular complexity index is 1030. The van der Waals surface area contributed by atoms with Crippen LogP contribution in [0.3, 0.4) is 0 Å². The van der Waals surface area contributed by atoms with E-state index < -0.39 is 0 Å². The minimum absolute atomic E-state index is 0.457. The van der Waals surface area contributed by atoms with Gasteiger partial charge in [0, 0.05) is 50.2 Å². The average molecular weight is 387 g/mol. The maximum atomic E-state index is 9.38. The summed E-state index contributed by atoms with van der Waals surface area (Å²) < 4.78 is 7.65. The summed E-state index contributed by atoms with van der Waals surface area (Å²) in [6.07, 6.45) is 5.99. The summed E-state index contributed by atoms with van der Waals surface area (Å²) in [5, 5.41) is 9.38. The Hall–Kier alpha value is -3.01. The number of benzene rings is 1. The van der Waals surface area contributed by atoms with E-state index in [1.807, 2.05) is 43.5 Å². The van der Waals surface area contributed by atoms with Crippen LogP contribution in [0, 0.1) is 18.3 Å². The molecule has 0 spiro atoms. The molecule has 1 aromatic carbocycles. The molecule has 1 saturated heterocycles. The van der Waals surface area contributed by atoms with Crippen molar-refractivity contribution in [1.29, 1.82) is 5.26 Å². The van der Waals surface area contributed by atoms with Gasteiger partial charge in [-0.2, -0.15) is 5.26 Å². The number of hydrogen-bond acceptors (Lipinski definition) is 5. The fourth-order valence-electron chi connectivity index (χ4n) is 3.82. The number of aromatic nitrogens is 3. The fraction of sp³-hybridized carbons (Fsp3) is 0.348. The molecule has 4 rings (SSSR count). The normalized spacial score (nSPS) is 14.7. The van der Waals surface area contributed by atoms with Gasteiger partial charge in [-0.15, -0.1) is 0 Å². The monoisotopic (exact) mass is 387 g/mol. The third-order valence-corrected chi connectivity index (χ3v) is 5.55. The van der Waals surface area contributed by atoms with Crippen LogP contribution in [-0.2, 0) is 17.8 Å². The van der Waals surface area contributed by atoms with Gasteiger partial charge in [-0.05, 0) is 49.1 Å². The Balaban J connectivity index is 1.67. The summed E-state index contributed by atoms with van der Waals surface area (Å²) in [4.78, 5) is 9.39. The number of ether oxygens (including phenoxy) is 1. The lowest BCUT2D eigenvalue weighted by Gasteiger charge is -2.20. The molecule has 0 amide bonds. The van der Waals surface area contributed by atoms with E-state index in [1.165, 1.54) is 0 Å². The third kappa shape index (κ3) is 4.21. The molecule has 148 valence electrons. The van der Waals surface area contributed by atoms with Crippen LogP contribution in [0.2, 0.25) is 0 Å². The molecule has 3 heterocycles. The molecule has 0 aliphatic carbocycles. The molecule has 0 bridgehead atoms. The highest BCUT2D eigenvalue weighted by Crippen LogP contribution is 2.28. The van der Waals surface area contributed by atoms with Crippen molar-refractivity contribution >= 4 is 0 Å². The van der Waals surface area contributed by atoms with Gasteiger partial charge in [0.1, 0.15) is 5.82 Å². The molecule has 29 heavy (non-hydrogen) atoms. The van der Waals surface area contributed by atoms with E-state index in [-0.39, 0.29) is 0 Å². The first kappa shape index (κ1) is 19.3. The molecule has 6 nitrogen and oxygen atoms in total. The third-order valence-electron chi connectivity index (χ3n) is 5.55. The molecule has 6 heteroatoms. The van der Waals surface area contributed by atoms with E-state index >= 15 is 0 Å². The van der Waals surface area contributed by atoms with Crippen molar-refractivity contribution < 1.29 is 4.74 Å². The molecule has 2 aromatic heterocycles. The molecular weight excluding hydrogens is 362 g/mol. The Morgan fingerprint density at radius 2 is 2.07 bits per heavy atom. The van der Waals surface area contributed by atoms with Crippen LogP contribution in [0.1, 0.15) is 47.0 Å². The number of aryl methyl sites for hydroxylation is 1. The van der Waals surface area contributed by atoms with Gasteiger partial charge in [0.05, 0.1) is 23.0 Å². The summed E-state index contributed by atoms with van der Waals surface area (Å²) in [6, 6.07) is 12.0. The van der Waals surface area contributed by atoms with Gasteiger partial charge in [-0.3, -0.25) is 4.98 Å². The van der Waals surface area contributed by atoms with Crippen molar-refractivity contribution in [2.75, 3.05) is 13.2 Å². The van der Waals surface area contributed by atoms with Gasteiger partial charge in [-0.25, -0.2) is 4.98 Å². The molecule has 3 aromatic rings. The standard InChI is InChI=1S/C23H25N5O/c1-16-27-23(19-6-8-29-9-7-19)15-28(16)14-20-10-17(11-24)2-4-21(20)22-5-3-18(12-25)13-26-22/h2-5,10,13,15,19H,6-9,12,14,25H2,1H3. The molecule has 1 fully saturated rings. The number of nitriles is 1. The first-order valence-corrected chi connectivity index (χ1v) is 9.97. The summed E-state index contributed by atoms with van der Waals surface area (Å²) >= 11 is 0. The Kier molecular flexibility index (Phi) is 5.70. The van der Waals surface area contributed by atoms with Gasteiger partial charge in [0.25, 0.3) is 0 Å². The number of imidazole rings is 1. The summed E-state index contributed by atoms with van der Waals surface area (Å²) in [5.41, 5.74) is 11.4.